The minimum absolute atomic E-state index is 0.0820. The summed E-state index contributed by atoms with van der Waals surface area (Å²) in [5.41, 5.74) is 4.20. The van der Waals surface area contributed by atoms with E-state index in [1.165, 1.54) is 12.1 Å². The normalized spacial score (nSPS) is 10.8. The number of fused-ring (bicyclic) bond motifs is 1. The van der Waals surface area contributed by atoms with Crippen molar-refractivity contribution < 1.29 is 19.1 Å². The van der Waals surface area contributed by atoms with E-state index in [0.29, 0.717) is 5.56 Å². The fourth-order valence-electron chi connectivity index (χ4n) is 4.17. The average Bonchev–Trinajstić information content (AvgIpc) is 2.89. The standard InChI is InChI=1S/C30H20FNO3/c31-27-18-22(30(34)35)12-16-28(27)32-29(33)21-11-13-25-23(19-7-3-1-4-8-19)14-15-24(26(25)17-21)20-9-5-2-6-10-20/h1-18H,(H,32,33)(H,34,35). The molecule has 0 radical (unpaired) electrons. The van der Waals surface area contributed by atoms with Crippen LogP contribution in [0.1, 0.15) is 20.7 Å². The van der Waals surface area contributed by atoms with Gasteiger partial charge in [-0.05, 0) is 63.4 Å². The predicted molar refractivity (Wildman–Crippen MR) is 136 cm³/mol. The van der Waals surface area contributed by atoms with Crippen molar-refractivity contribution in [3.8, 4) is 22.3 Å². The number of nitrogens with one attached hydrogen (secondary N) is 1. The minimum atomic E-state index is -1.24. The molecule has 4 nitrogen and oxygen atoms in total. The van der Waals surface area contributed by atoms with E-state index >= 15 is 0 Å². The topological polar surface area (TPSA) is 66.4 Å². The highest BCUT2D eigenvalue weighted by Crippen LogP contribution is 2.36. The second-order valence-corrected chi connectivity index (χ2v) is 8.11. The second kappa shape index (κ2) is 9.23. The molecule has 2 N–H and O–H groups in total. The van der Waals surface area contributed by atoms with Gasteiger partial charge in [0.05, 0.1) is 11.3 Å². The quantitative estimate of drug-likeness (QED) is 0.289. The zero-order valence-electron chi connectivity index (χ0n) is 18.5. The molecule has 0 saturated carbocycles. The molecule has 170 valence electrons. The van der Waals surface area contributed by atoms with Crippen LogP contribution >= 0.6 is 0 Å². The van der Waals surface area contributed by atoms with E-state index in [9.17, 15) is 14.0 Å². The lowest BCUT2D eigenvalue weighted by Gasteiger charge is -2.14. The van der Waals surface area contributed by atoms with Crippen LogP contribution in [0, 0.1) is 5.82 Å². The number of aromatic carboxylic acids is 1. The molecule has 0 heterocycles. The fourth-order valence-corrected chi connectivity index (χ4v) is 4.17. The second-order valence-electron chi connectivity index (χ2n) is 8.11. The molecule has 35 heavy (non-hydrogen) atoms. The van der Waals surface area contributed by atoms with Gasteiger partial charge in [0.2, 0.25) is 0 Å². The number of anilines is 1. The smallest absolute Gasteiger partial charge is 0.335 e. The lowest BCUT2D eigenvalue weighted by atomic mass is 9.91. The largest absolute Gasteiger partial charge is 0.478 e. The molecule has 5 rings (SSSR count). The maximum Gasteiger partial charge on any atom is 0.335 e. The third kappa shape index (κ3) is 4.39. The summed E-state index contributed by atoms with van der Waals surface area (Å²) < 4.78 is 14.4. The summed E-state index contributed by atoms with van der Waals surface area (Å²) in [6.07, 6.45) is 0. The number of carbonyl (C=O) groups excluding carboxylic acids is 1. The van der Waals surface area contributed by atoms with E-state index < -0.39 is 17.7 Å². The van der Waals surface area contributed by atoms with Crippen molar-refractivity contribution in [2.45, 2.75) is 0 Å². The molecule has 5 aromatic rings. The van der Waals surface area contributed by atoms with Crippen LogP contribution in [-0.2, 0) is 0 Å². The monoisotopic (exact) mass is 461 g/mol. The Labute approximate surface area is 201 Å². The summed E-state index contributed by atoms with van der Waals surface area (Å²) >= 11 is 0. The average molecular weight is 461 g/mol. The van der Waals surface area contributed by atoms with E-state index in [1.54, 1.807) is 6.07 Å². The molecule has 0 aromatic heterocycles. The summed E-state index contributed by atoms with van der Waals surface area (Å²) in [5, 5.41) is 13.5. The van der Waals surface area contributed by atoms with Gasteiger partial charge in [0.15, 0.2) is 0 Å². The Kier molecular flexibility index (Phi) is 5.81. The fraction of sp³-hybridized carbons (Fsp3) is 0. The van der Waals surface area contributed by atoms with Gasteiger partial charge in [-0.1, -0.05) is 78.9 Å². The van der Waals surface area contributed by atoms with Crippen LogP contribution in [-0.4, -0.2) is 17.0 Å². The van der Waals surface area contributed by atoms with E-state index in [-0.39, 0.29) is 11.3 Å². The molecule has 0 atom stereocenters. The number of rotatable bonds is 5. The first-order valence-electron chi connectivity index (χ1n) is 11.0. The molecule has 0 spiro atoms. The third-order valence-corrected chi connectivity index (χ3v) is 5.91. The maximum atomic E-state index is 14.4. The molecule has 5 heteroatoms. The number of halogens is 1. The van der Waals surface area contributed by atoms with Gasteiger partial charge < -0.3 is 10.4 Å². The zero-order valence-corrected chi connectivity index (χ0v) is 18.5. The van der Waals surface area contributed by atoms with Gasteiger partial charge in [-0.15, -0.1) is 0 Å². The van der Waals surface area contributed by atoms with Gasteiger partial charge in [0, 0.05) is 5.56 Å². The maximum absolute atomic E-state index is 14.4. The van der Waals surface area contributed by atoms with Crippen LogP contribution in [0.4, 0.5) is 10.1 Å². The summed E-state index contributed by atoms with van der Waals surface area (Å²) in [7, 11) is 0. The first kappa shape index (κ1) is 22.0. The Balaban J connectivity index is 1.60. The van der Waals surface area contributed by atoms with E-state index in [1.807, 2.05) is 78.9 Å². The number of hydrogen-bond donors (Lipinski definition) is 2. The molecule has 0 saturated heterocycles. The minimum Gasteiger partial charge on any atom is -0.478 e. The molecular formula is C30H20FNO3. The molecule has 1 amide bonds. The van der Waals surface area contributed by atoms with Gasteiger partial charge >= 0.3 is 5.97 Å². The molecule has 0 fully saturated rings. The number of benzene rings is 5. The van der Waals surface area contributed by atoms with Gasteiger partial charge in [0.25, 0.3) is 5.91 Å². The van der Waals surface area contributed by atoms with E-state index in [2.05, 4.69) is 11.4 Å². The summed E-state index contributed by atoms with van der Waals surface area (Å²) in [6, 6.07) is 32.9. The molecule has 0 aliphatic rings. The van der Waals surface area contributed by atoms with Crippen LogP contribution in [0.2, 0.25) is 0 Å². The van der Waals surface area contributed by atoms with Crippen molar-refractivity contribution in [1.29, 1.82) is 0 Å². The number of amides is 1. The first-order chi connectivity index (χ1) is 17.0. The highest BCUT2D eigenvalue weighted by molar-refractivity contribution is 6.11. The van der Waals surface area contributed by atoms with Crippen molar-refractivity contribution in [3.05, 3.63) is 126 Å². The van der Waals surface area contributed by atoms with Crippen LogP contribution in [0.25, 0.3) is 33.0 Å². The lowest BCUT2D eigenvalue weighted by molar-refractivity contribution is 0.0696. The Morgan fingerprint density at radius 1 is 0.629 bits per heavy atom. The number of carboxylic acid groups (broad SMARTS) is 1. The van der Waals surface area contributed by atoms with Crippen LogP contribution in [0.3, 0.4) is 0 Å². The highest BCUT2D eigenvalue weighted by atomic mass is 19.1. The van der Waals surface area contributed by atoms with E-state index in [4.69, 9.17) is 5.11 Å². The van der Waals surface area contributed by atoms with E-state index in [0.717, 1.165) is 39.1 Å². The Morgan fingerprint density at radius 2 is 1.20 bits per heavy atom. The number of hydrogen-bond acceptors (Lipinski definition) is 2. The van der Waals surface area contributed by atoms with Crippen molar-refractivity contribution in [1.82, 2.24) is 0 Å². The molecule has 0 bridgehead atoms. The third-order valence-electron chi connectivity index (χ3n) is 5.91. The Hall–Kier alpha value is -4.77. The van der Waals surface area contributed by atoms with Crippen LogP contribution in [0.5, 0.6) is 0 Å². The molecule has 5 aromatic carbocycles. The highest BCUT2D eigenvalue weighted by Gasteiger charge is 2.15. The van der Waals surface area contributed by atoms with Crippen molar-refractivity contribution in [2.75, 3.05) is 5.32 Å². The van der Waals surface area contributed by atoms with Crippen molar-refractivity contribution >= 4 is 28.3 Å². The predicted octanol–water partition coefficient (Wildman–Crippen LogP) is 7.26. The van der Waals surface area contributed by atoms with Gasteiger partial charge in [-0.3, -0.25) is 4.79 Å². The van der Waals surface area contributed by atoms with Crippen molar-refractivity contribution in [3.63, 3.8) is 0 Å². The zero-order chi connectivity index (χ0) is 24.4. The van der Waals surface area contributed by atoms with Crippen LogP contribution in [0.15, 0.2) is 109 Å². The SMILES string of the molecule is O=C(O)c1ccc(NC(=O)c2ccc3c(-c4ccccc4)ccc(-c4ccccc4)c3c2)c(F)c1. The Morgan fingerprint density at radius 3 is 1.77 bits per heavy atom. The molecule has 0 aliphatic carbocycles. The molecular weight excluding hydrogens is 441 g/mol. The molecule has 0 unspecified atom stereocenters. The number of carboxylic acids is 1. The summed E-state index contributed by atoms with van der Waals surface area (Å²) in [5.74, 6) is -2.53. The molecule has 0 aliphatic heterocycles. The van der Waals surface area contributed by atoms with Crippen molar-refractivity contribution in [2.24, 2.45) is 0 Å². The van der Waals surface area contributed by atoms with Gasteiger partial charge in [-0.2, -0.15) is 0 Å². The van der Waals surface area contributed by atoms with Gasteiger partial charge in [0.1, 0.15) is 5.82 Å². The Bertz CT molecular complexity index is 1560. The summed E-state index contributed by atoms with van der Waals surface area (Å²) in [6.45, 7) is 0. The number of carbonyl (C=O) groups is 2. The van der Waals surface area contributed by atoms with Crippen LogP contribution < -0.4 is 5.32 Å². The van der Waals surface area contributed by atoms with Gasteiger partial charge in [-0.25, -0.2) is 9.18 Å². The lowest BCUT2D eigenvalue weighted by Crippen LogP contribution is -2.13. The first-order valence-corrected chi connectivity index (χ1v) is 11.0. The summed E-state index contributed by atoms with van der Waals surface area (Å²) in [4.78, 5) is 24.1.